The SMILES string of the molecule is CC(C)(C)OC(=O)N1CCc2cc3cc(-n4ccc(OCc5ccc(F)cc5)cc4=O)ccc3n2CC1. The molecule has 0 saturated heterocycles. The van der Waals surface area contributed by atoms with Crippen molar-refractivity contribution in [1.82, 2.24) is 14.0 Å². The number of fused-ring (bicyclic) bond motifs is 3. The molecule has 0 spiro atoms. The Kier molecular flexibility index (Phi) is 6.50. The van der Waals surface area contributed by atoms with Gasteiger partial charge in [-0.2, -0.15) is 0 Å². The third-order valence-electron chi connectivity index (χ3n) is 6.34. The van der Waals surface area contributed by atoms with Gasteiger partial charge in [-0.15, -0.1) is 0 Å². The largest absolute Gasteiger partial charge is 0.489 e. The van der Waals surface area contributed by atoms with Gasteiger partial charge in [-0.3, -0.25) is 9.36 Å². The van der Waals surface area contributed by atoms with E-state index in [1.807, 2.05) is 39.0 Å². The Morgan fingerprint density at radius 2 is 1.76 bits per heavy atom. The predicted octanol–water partition coefficient (Wildman–Crippen LogP) is 5.30. The number of hydrogen-bond donors (Lipinski definition) is 0. The number of hydrogen-bond acceptors (Lipinski definition) is 4. The van der Waals surface area contributed by atoms with Gasteiger partial charge in [-0.05, 0) is 68.8 Å². The van der Waals surface area contributed by atoms with E-state index in [9.17, 15) is 14.0 Å². The highest BCUT2D eigenvalue weighted by molar-refractivity contribution is 5.83. The molecule has 4 aromatic rings. The lowest BCUT2D eigenvalue weighted by Gasteiger charge is -2.26. The van der Waals surface area contributed by atoms with Gasteiger partial charge >= 0.3 is 6.09 Å². The van der Waals surface area contributed by atoms with Gasteiger partial charge in [-0.1, -0.05) is 12.1 Å². The molecule has 0 saturated carbocycles. The Bertz CT molecular complexity index is 1500. The zero-order valence-electron chi connectivity index (χ0n) is 21.2. The van der Waals surface area contributed by atoms with Gasteiger partial charge in [0.1, 0.15) is 23.8 Å². The van der Waals surface area contributed by atoms with E-state index in [0.29, 0.717) is 25.4 Å². The number of nitrogens with zero attached hydrogens (tertiary/aromatic N) is 3. The molecule has 0 atom stereocenters. The van der Waals surface area contributed by atoms with Crippen molar-refractivity contribution in [3.05, 3.63) is 94.3 Å². The Morgan fingerprint density at radius 3 is 2.49 bits per heavy atom. The van der Waals surface area contributed by atoms with E-state index in [1.54, 1.807) is 33.9 Å². The molecule has 0 unspecified atom stereocenters. The van der Waals surface area contributed by atoms with Crippen LogP contribution in [0.2, 0.25) is 0 Å². The lowest BCUT2D eigenvalue weighted by Crippen LogP contribution is -2.38. The number of benzene rings is 2. The van der Waals surface area contributed by atoms with E-state index in [-0.39, 0.29) is 24.1 Å². The highest BCUT2D eigenvalue weighted by Crippen LogP contribution is 2.25. The molecule has 3 heterocycles. The molecule has 1 amide bonds. The third kappa shape index (κ3) is 5.53. The van der Waals surface area contributed by atoms with Crippen LogP contribution >= 0.6 is 0 Å². The van der Waals surface area contributed by atoms with Gasteiger partial charge in [0.25, 0.3) is 5.56 Å². The van der Waals surface area contributed by atoms with Crippen molar-refractivity contribution >= 4 is 17.0 Å². The summed E-state index contributed by atoms with van der Waals surface area (Å²) in [4.78, 5) is 27.1. The Morgan fingerprint density at radius 1 is 0.973 bits per heavy atom. The molecular formula is C29H30FN3O4. The first-order valence-corrected chi connectivity index (χ1v) is 12.4. The molecule has 0 radical (unpaired) electrons. The summed E-state index contributed by atoms with van der Waals surface area (Å²) in [6.07, 6.45) is 2.14. The van der Waals surface area contributed by atoms with Crippen LogP contribution in [0.1, 0.15) is 32.0 Å². The van der Waals surface area contributed by atoms with Crippen molar-refractivity contribution in [3.63, 3.8) is 0 Å². The smallest absolute Gasteiger partial charge is 0.410 e. The summed E-state index contributed by atoms with van der Waals surface area (Å²) in [5, 5.41) is 1.04. The summed E-state index contributed by atoms with van der Waals surface area (Å²) in [6, 6.07) is 17.3. The van der Waals surface area contributed by atoms with Gasteiger partial charge in [0, 0.05) is 60.6 Å². The molecule has 0 N–H and O–H groups in total. The Hall–Kier alpha value is -4.07. The Balaban J connectivity index is 1.31. The molecule has 1 aliphatic heterocycles. The summed E-state index contributed by atoms with van der Waals surface area (Å²) in [5.74, 6) is 0.155. The molecule has 0 fully saturated rings. The van der Waals surface area contributed by atoms with Crippen molar-refractivity contribution in [2.24, 2.45) is 0 Å². The first kappa shape index (κ1) is 24.6. The lowest BCUT2D eigenvalue weighted by atomic mass is 10.2. The fraction of sp³-hybridized carbons (Fsp3) is 0.310. The van der Waals surface area contributed by atoms with Crippen LogP contribution in [0, 0.1) is 5.82 Å². The maximum atomic E-state index is 13.1. The maximum Gasteiger partial charge on any atom is 0.410 e. The first-order chi connectivity index (χ1) is 17.7. The second kappa shape index (κ2) is 9.76. The summed E-state index contributed by atoms with van der Waals surface area (Å²) in [5.41, 5.74) is 3.07. The van der Waals surface area contributed by atoms with Crippen LogP contribution < -0.4 is 10.3 Å². The highest BCUT2D eigenvalue weighted by Gasteiger charge is 2.25. The van der Waals surface area contributed by atoms with E-state index in [1.165, 1.54) is 18.2 Å². The van der Waals surface area contributed by atoms with Gasteiger partial charge in [-0.25, -0.2) is 9.18 Å². The average Bonchev–Trinajstić information content (AvgIpc) is 3.05. The van der Waals surface area contributed by atoms with Crippen LogP contribution in [-0.4, -0.2) is 38.8 Å². The number of amides is 1. The number of carbonyl (C=O) groups is 1. The van der Waals surface area contributed by atoms with E-state index < -0.39 is 5.60 Å². The van der Waals surface area contributed by atoms with E-state index in [4.69, 9.17) is 9.47 Å². The number of aromatic nitrogens is 2. The van der Waals surface area contributed by atoms with Crippen LogP contribution in [0.4, 0.5) is 9.18 Å². The topological polar surface area (TPSA) is 65.7 Å². The minimum Gasteiger partial charge on any atom is -0.489 e. The molecule has 1 aliphatic rings. The van der Waals surface area contributed by atoms with Crippen LogP contribution in [0.15, 0.2) is 71.7 Å². The fourth-order valence-corrected chi connectivity index (χ4v) is 4.54. The van der Waals surface area contributed by atoms with Crippen molar-refractivity contribution in [2.75, 3.05) is 13.1 Å². The molecule has 37 heavy (non-hydrogen) atoms. The zero-order chi connectivity index (χ0) is 26.2. The van der Waals surface area contributed by atoms with Crippen molar-refractivity contribution in [2.45, 2.75) is 45.9 Å². The van der Waals surface area contributed by atoms with Crippen molar-refractivity contribution in [1.29, 1.82) is 0 Å². The second-order valence-corrected chi connectivity index (χ2v) is 10.2. The minimum atomic E-state index is -0.521. The number of pyridine rings is 1. The van der Waals surface area contributed by atoms with E-state index in [2.05, 4.69) is 10.6 Å². The van der Waals surface area contributed by atoms with Crippen molar-refractivity contribution in [3.8, 4) is 11.4 Å². The van der Waals surface area contributed by atoms with Gasteiger partial charge in [0.15, 0.2) is 0 Å². The molecule has 5 rings (SSSR count). The van der Waals surface area contributed by atoms with Gasteiger partial charge in [0.05, 0.1) is 0 Å². The summed E-state index contributed by atoms with van der Waals surface area (Å²) in [6.45, 7) is 7.71. The number of carbonyl (C=O) groups excluding carboxylic acids is 1. The van der Waals surface area contributed by atoms with Gasteiger partial charge < -0.3 is 18.9 Å². The average molecular weight is 504 g/mol. The van der Waals surface area contributed by atoms with Gasteiger partial charge in [0.2, 0.25) is 0 Å². The molecule has 2 aromatic heterocycles. The van der Waals surface area contributed by atoms with Crippen LogP contribution in [0.25, 0.3) is 16.6 Å². The molecule has 192 valence electrons. The maximum absolute atomic E-state index is 13.1. The zero-order valence-corrected chi connectivity index (χ0v) is 21.2. The highest BCUT2D eigenvalue weighted by atomic mass is 19.1. The number of ether oxygens (including phenoxy) is 2. The van der Waals surface area contributed by atoms with Crippen LogP contribution in [0.3, 0.4) is 0 Å². The summed E-state index contributed by atoms with van der Waals surface area (Å²) in [7, 11) is 0. The monoisotopic (exact) mass is 503 g/mol. The summed E-state index contributed by atoms with van der Waals surface area (Å²) >= 11 is 0. The normalized spacial score (nSPS) is 13.8. The van der Waals surface area contributed by atoms with E-state index >= 15 is 0 Å². The fourth-order valence-electron chi connectivity index (χ4n) is 4.54. The van der Waals surface area contributed by atoms with E-state index in [0.717, 1.165) is 34.3 Å². The molecule has 7 nitrogen and oxygen atoms in total. The molecule has 2 aromatic carbocycles. The Labute approximate surface area is 214 Å². The molecule has 0 bridgehead atoms. The quantitative estimate of drug-likeness (QED) is 0.379. The second-order valence-electron chi connectivity index (χ2n) is 10.2. The molecule has 8 heteroatoms. The first-order valence-electron chi connectivity index (χ1n) is 12.4. The number of halogens is 1. The molecular weight excluding hydrogens is 473 g/mol. The predicted molar refractivity (Wildman–Crippen MR) is 140 cm³/mol. The summed E-state index contributed by atoms with van der Waals surface area (Å²) < 4.78 is 28.2. The van der Waals surface area contributed by atoms with Crippen LogP contribution in [-0.2, 0) is 24.3 Å². The third-order valence-corrected chi connectivity index (χ3v) is 6.34. The van der Waals surface area contributed by atoms with Crippen molar-refractivity contribution < 1.29 is 18.7 Å². The minimum absolute atomic E-state index is 0.204. The van der Waals surface area contributed by atoms with Crippen LogP contribution in [0.5, 0.6) is 5.75 Å². The molecule has 0 aliphatic carbocycles. The standard InChI is InChI=1S/C29H30FN3O4/c1-29(2,3)37-28(35)31-12-10-24-17-21-16-23(8-9-26(21)32(24)15-14-31)33-13-11-25(18-27(33)34)36-19-20-4-6-22(30)7-5-20/h4-9,11,13,16-18H,10,12,14-15,19H2,1-3H3. The lowest BCUT2D eigenvalue weighted by molar-refractivity contribution is 0.0254. The number of rotatable bonds is 4.